The van der Waals surface area contributed by atoms with Gasteiger partial charge >= 0.3 is 6.18 Å². The predicted octanol–water partition coefficient (Wildman–Crippen LogP) is 1.48. The lowest BCUT2D eigenvalue weighted by Crippen LogP contribution is -2.43. The van der Waals surface area contributed by atoms with Gasteiger partial charge in [-0.05, 0) is 30.2 Å². The highest BCUT2D eigenvalue weighted by molar-refractivity contribution is 7.91. The summed E-state index contributed by atoms with van der Waals surface area (Å²) in [5, 5.41) is 2.37. The molecule has 10 heteroatoms. The van der Waals surface area contributed by atoms with Crippen LogP contribution in [0.25, 0.3) is 6.08 Å². The van der Waals surface area contributed by atoms with Crippen molar-refractivity contribution < 1.29 is 31.2 Å². The van der Waals surface area contributed by atoms with Crippen LogP contribution in [0.4, 0.5) is 13.2 Å². The third kappa shape index (κ3) is 6.09. The van der Waals surface area contributed by atoms with E-state index < -0.39 is 39.4 Å². The standard InChI is InChI=1S/C17H19F3N2O4S/c1-22(14-8-9-27(25,26)11-14)16(24)10-21-15(23)7-4-12-2-5-13(6-3-12)17(18,19)20/h2-7,14H,8-11H2,1H3,(H,21,23). The second-order valence-electron chi connectivity index (χ2n) is 6.23. The molecule has 6 nitrogen and oxygen atoms in total. The van der Waals surface area contributed by atoms with Gasteiger partial charge in [0.15, 0.2) is 9.84 Å². The molecule has 1 aliphatic heterocycles. The maximum atomic E-state index is 12.5. The molecule has 1 aromatic rings. The first-order valence-corrected chi connectivity index (χ1v) is 9.89. The maximum absolute atomic E-state index is 12.5. The molecule has 2 amide bonds. The first-order chi connectivity index (χ1) is 12.5. The minimum atomic E-state index is -4.43. The van der Waals surface area contributed by atoms with Crippen molar-refractivity contribution >= 4 is 27.7 Å². The van der Waals surface area contributed by atoms with Crippen molar-refractivity contribution in [3.63, 3.8) is 0 Å². The van der Waals surface area contributed by atoms with Gasteiger partial charge in [-0.15, -0.1) is 0 Å². The molecular formula is C17H19F3N2O4S. The van der Waals surface area contributed by atoms with E-state index in [1.54, 1.807) is 0 Å². The van der Waals surface area contributed by atoms with Gasteiger partial charge in [0.1, 0.15) is 0 Å². The number of carbonyl (C=O) groups is 2. The number of sulfone groups is 1. The Hall–Kier alpha value is -2.36. The molecule has 1 N–H and O–H groups in total. The van der Waals surface area contributed by atoms with Gasteiger partial charge in [0.05, 0.1) is 23.6 Å². The summed E-state index contributed by atoms with van der Waals surface area (Å²) in [5.74, 6) is -1.06. The largest absolute Gasteiger partial charge is 0.416 e. The highest BCUT2D eigenvalue weighted by Gasteiger charge is 2.32. The monoisotopic (exact) mass is 404 g/mol. The van der Waals surface area contributed by atoms with E-state index in [4.69, 9.17) is 0 Å². The van der Waals surface area contributed by atoms with E-state index in [-0.39, 0.29) is 18.1 Å². The number of hydrogen-bond acceptors (Lipinski definition) is 4. The molecule has 1 unspecified atom stereocenters. The lowest BCUT2D eigenvalue weighted by Gasteiger charge is -2.23. The summed E-state index contributed by atoms with van der Waals surface area (Å²) in [6.45, 7) is -0.302. The predicted molar refractivity (Wildman–Crippen MR) is 93.3 cm³/mol. The molecule has 2 rings (SSSR count). The Balaban J connectivity index is 1.83. The van der Waals surface area contributed by atoms with Crippen molar-refractivity contribution in [1.29, 1.82) is 0 Å². The average molecular weight is 404 g/mol. The Labute approximate surface area is 155 Å². The quantitative estimate of drug-likeness (QED) is 0.754. The van der Waals surface area contributed by atoms with Gasteiger partial charge in [-0.2, -0.15) is 13.2 Å². The zero-order valence-corrected chi connectivity index (χ0v) is 15.3. The highest BCUT2D eigenvalue weighted by Crippen LogP contribution is 2.29. The molecule has 0 radical (unpaired) electrons. The Morgan fingerprint density at radius 1 is 1.26 bits per heavy atom. The highest BCUT2D eigenvalue weighted by atomic mass is 32.2. The van der Waals surface area contributed by atoms with Gasteiger partial charge in [0.2, 0.25) is 11.8 Å². The lowest BCUT2D eigenvalue weighted by molar-refractivity contribution is -0.137. The van der Waals surface area contributed by atoms with Crippen molar-refractivity contribution in [1.82, 2.24) is 10.2 Å². The van der Waals surface area contributed by atoms with E-state index in [1.807, 2.05) is 0 Å². The van der Waals surface area contributed by atoms with Gasteiger partial charge in [-0.25, -0.2) is 8.42 Å². The summed E-state index contributed by atoms with van der Waals surface area (Å²) in [6.07, 6.45) is -1.62. The molecule has 0 saturated carbocycles. The second kappa shape index (κ2) is 8.12. The minimum Gasteiger partial charge on any atom is -0.343 e. The van der Waals surface area contributed by atoms with Gasteiger partial charge in [0.25, 0.3) is 0 Å². The maximum Gasteiger partial charge on any atom is 0.416 e. The number of likely N-dealkylation sites (N-methyl/N-ethyl adjacent to an activating group) is 1. The summed E-state index contributed by atoms with van der Waals surface area (Å²) in [6, 6.07) is 3.87. The van der Waals surface area contributed by atoms with E-state index in [2.05, 4.69) is 5.32 Å². The molecule has 0 aliphatic carbocycles. The van der Waals surface area contributed by atoms with Crippen LogP contribution in [0.2, 0.25) is 0 Å². The SMILES string of the molecule is CN(C(=O)CNC(=O)C=Cc1ccc(C(F)(F)F)cc1)C1CCS(=O)(=O)C1. The first-order valence-electron chi connectivity index (χ1n) is 8.07. The van der Waals surface area contributed by atoms with Crippen molar-refractivity contribution in [2.75, 3.05) is 25.1 Å². The molecule has 1 fully saturated rings. The summed E-state index contributed by atoms with van der Waals surface area (Å²) in [5.41, 5.74) is -0.385. The van der Waals surface area contributed by atoms with Crippen LogP contribution in [0, 0.1) is 0 Å². The van der Waals surface area contributed by atoms with Gasteiger partial charge in [-0.1, -0.05) is 12.1 Å². The van der Waals surface area contributed by atoms with E-state index >= 15 is 0 Å². The van der Waals surface area contributed by atoms with Crippen LogP contribution in [0.3, 0.4) is 0 Å². The molecule has 1 aliphatic rings. The number of halogens is 3. The first kappa shape index (κ1) is 20.9. The number of benzene rings is 1. The summed E-state index contributed by atoms with van der Waals surface area (Å²) >= 11 is 0. The smallest absolute Gasteiger partial charge is 0.343 e. The van der Waals surface area contributed by atoms with Crippen molar-refractivity contribution in [2.24, 2.45) is 0 Å². The fourth-order valence-corrected chi connectivity index (χ4v) is 4.36. The van der Waals surface area contributed by atoms with Gasteiger partial charge < -0.3 is 10.2 Å². The summed E-state index contributed by atoms with van der Waals surface area (Å²) in [7, 11) is -1.64. The van der Waals surface area contributed by atoms with Crippen LogP contribution < -0.4 is 5.32 Å². The van der Waals surface area contributed by atoms with Crippen LogP contribution in [-0.4, -0.2) is 56.3 Å². The van der Waals surface area contributed by atoms with Crippen LogP contribution in [-0.2, 0) is 25.6 Å². The van der Waals surface area contributed by atoms with Crippen LogP contribution in [0.5, 0.6) is 0 Å². The summed E-state index contributed by atoms with van der Waals surface area (Å²) in [4.78, 5) is 25.1. The van der Waals surface area contributed by atoms with E-state index in [0.29, 0.717) is 12.0 Å². The molecule has 0 aromatic heterocycles. The molecule has 0 bridgehead atoms. The molecule has 1 aromatic carbocycles. The molecule has 148 valence electrons. The zero-order valence-electron chi connectivity index (χ0n) is 14.5. The van der Waals surface area contributed by atoms with Crippen LogP contribution in [0.15, 0.2) is 30.3 Å². The molecule has 1 heterocycles. The second-order valence-corrected chi connectivity index (χ2v) is 8.46. The Morgan fingerprint density at radius 3 is 2.41 bits per heavy atom. The number of carbonyl (C=O) groups excluding carboxylic acids is 2. The van der Waals surface area contributed by atoms with Crippen LogP contribution in [0.1, 0.15) is 17.5 Å². The molecular weight excluding hydrogens is 385 g/mol. The zero-order chi connectivity index (χ0) is 20.2. The molecule has 0 spiro atoms. The number of nitrogens with one attached hydrogen (secondary N) is 1. The lowest BCUT2D eigenvalue weighted by atomic mass is 10.1. The minimum absolute atomic E-state index is 0.0392. The van der Waals surface area contributed by atoms with Crippen molar-refractivity contribution in [3.05, 3.63) is 41.5 Å². The third-order valence-corrected chi connectivity index (χ3v) is 5.98. The number of amides is 2. The molecule has 27 heavy (non-hydrogen) atoms. The third-order valence-electron chi connectivity index (χ3n) is 4.23. The fraction of sp³-hybridized carbons (Fsp3) is 0.412. The van der Waals surface area contributed by atoms with Crippen molar-refractivity contribution in [2.45, 2.75) is 18.6 Å². The average Bonchev–Trinajstić information content (AvgIpc) is 2.96. The molecule has 1 atom stereocenters. The number of alkyl halides is 3. The number of hydrogen-bond donors (Lipinski definition) is 1. The Kier molecular flexibility index (Phi) is 6.30. The Bertz CT molecular complexity index is 833. The Morgan fingerprint density at radius 2 is 1.89 bits per heavy atom. The number of rotatable bonds is 5. The van der Waals surface area contributed by atoms with Gasteiger partial charge in [-0.3, -0.25) is 9.59 Å². The normalized spacial score (nSPS) is 19.2. The summed E-state index contributed by atoms with van der Waals surface area (Å²) < 4.78 is 60.3. The fourth-order valence-electron chi connectivity index (χ4n) is 2.59. The topological polar surface area (TPSA) is 83.6 Å². The van der Waals surface area contributed by atoms with E-state index in [9.17, 15) is 31.2 Å². The number of nitrogens with zero attached hydrogens (tertiary/aromatic N) is 1. The van der Waals surface area contributed by atoms with Crippen LogP contribution >= 0.6 is 0 Å². The van der Waals surface area contributed by atoms with Crippen molar-refractivity contribution in [3.8, 4) is 0 Å². The van der Waals surface area contributed by atoms with E-state index in [0.717, 1.165) is 18.2 Å². The molecule has 1 saturated heterocycles. The van der Waals surface area contributed by atoms with Gasteiger partial charge in [0, 0.05) is 19.2 Å². The van der Waals surface area contributed by atoms with E-state index in [1.165, 1.54) is 30.2 Å².